The van der Waals surface area contributed by atoms with Crippen molar-refractivity contribution in [1.29, 1.82) is 0 Å². The number of rotatable bonds is 5. The number of hydrogen-bond donors (Lipinski definition) is 5. The number of carbonyl (C=O) groups is 1. The minimum absolute atomic E-state index is 0.787. The first-order valence-corrected chi connectivity index (χ1v) is 3.34. The molecule has 0 radical (unpaired) electrons. The van der Waals surface area contributed by atoms with E-state index < -0.39 is 37.3 Å². The molecule has 0 spiro atoms. The van der Waals surface area contributed by atoms with Crippen molar-refractivity contribution in [3.8, 4) is 0 Å². The minimum atomic E-state index is -1.86. The van der Waals surface area contributed by atoms with Gasteiger partial charge in [-0.3, -0.25) is 4.79 Å². The fraction of sp³-hybridized carbons (Fsp3) is 0.833. The van der Waals surface area contributed by atoms with Crippen LogP contribution in [0.4, 0.5) is 0 Å². The topological polar surface area (TPSA) is 118 Å². The minimum Gasteiger partial charge on any atom is -0.394 e. The lowest BCUT2D eigenvalue weighted by Gasteiger charge is -2.16. The molecule has 0 aliphatic rings. The Morgan fingerprint density at radius 1 is 1.08 bits per heavy atom. The van der Waals surface area contributed by atoms with Gasteiger partial charge in [0, 0.05) is 0 Å². The highest BCUT2D eigenvalue weighted by Crippen LogP contribution is 1.98. The van der Waals surface area contributed by atoms with Crippen LogP contribution in [0.5, 0.6) is 0 Å². The Morgan fingerprint density at radius 2 is 1.58 bits per heavy atom. The summed E-state index contributed by atoms with van der Waals surface area (Å²) in [6, 6.07) is 0. The van der Waals surface area contributed by atoms with Gasteiger partial charge in [0.1, 0.15) is 18.3 Å². The fourth-order valence-electron chi connectivity index (χ4n) is 0.577. The maximum atomic E-state index is 10.7. The van der Waals surface area contributed by atoms with E-state index in [1.807, 2.05) is 0 Å². The SMILES string of the molecule is O=C([C@H](O)[C@H](O)CO)[13C@@H](O)CO. The summed E-state index contributed by atoms with van der Waals surface area (Å²) in [5.41, 5.74) is 0. The number of aliphatic hydroxyl groups is 5. The quantitative estimate of drug-likeness (QED) is 0.282. The molecule has 3 atom stereocenters. The summed E-state index contributed by atoms with van der Waals surface area (Å²) in [6.07, 6.45) is -5.21. The average Bonchev–Trinajstić information content (AvgIpc) is 2.12. The van der Waals surface area contributed by atoms with Gasteiger partial charge in [0.15, 0.2) is 5.78 Å². The van der Waals surface area contributed by atoms with E-state index in [0.29, 0.717) is 0 Å². The molecule has 6 nitrogen and oxygen atoms in total. The molecular formula is C6H12O6. The van der Waals surface area contributed by atoms with Gasteiger partial charge in [-0.2, -0.15) is 0 Å². The third-order valence-electron chi connectivity index (χ3n) is 1.34. The first-order valence-electron chi connectivity index (χ1n) is 3.34. The molecule has 12 heavy (non-hydrogen) atoms. The van der Waals surface area contributed by atoms with E-state index in [4.69, 9.17) is 25.5 Å². The summed E-state index contributed by atoms with van der Waals surface area (Å²) >= 11 is 0. The summed E-state index contributed by atoms with van der Waals surface area (Å²) in [4.78, 5) is 10.7. The Labute approximate surface area is 68.7 Å². The second kappa shape index (κ2) is 5.18. The fourth-order valence-corrected chi connectivity index (χ4v) is 0.577. The van der Waals surface area contributed by atoms with Gasteiger partial charge in [-0.25, -0.2) is 0 Å². The van der Waals surface area contributed by atoms with Gasteiger partial charge in [0.25, 0.3) is 0 Å². The lowest BCUT2D eigenvalue weighted by atomic mass is 10.2. The molecule has 0 aliphatic carbocycles. The smallest absolute Gasteiger partial charge is 0.194 e. The van der Waals surface area contributed by atoms with Crippen LogP contribution in [0, 0.1) is 0 Å². The third-order valence-corrected chi connectivity index (χ3v) is 1.34. The zero-order chi connectivity index (χ0) is 9.72. The summed E-state index contributed by atoms with van der Waals surface area (Å²) in [5, 5.41) is 42.9. The molecule has 0 aromatic heterocycles. The van der Waals surface area contributed by atoms with Gasteiger partial charge in [-0.15, -0.1) is 0 Å². The molecule has 6 heteroatoms. The van der Waals surface area contributed by atoms with Gasteiger partial charge in [0.2, 0.25) is 0 Å². The van der Waals surface area contributed by atoms with Gasteiger partial charge in [0.05, 0.1) is 13.2 Å². The van der Waals surface area contributed by atoms with Crippen molar-refractivity contribution >= 4 is 5.78 Å². The predicted molar refractivity (Wildman–Crippen MR) is 37.2 cm³/mol. The summed E-state index contributed by atoms with van der Waals surface area (Å²) in [6.45, 7) is -1.61. The van der Waals surface area contributed by atoms with Crippen LogP contribution >= 0.6 is 0 Å². The first kappa shape index (κ1) is 11.5. The highest BCUT2D eigenvalue weighted by Gasteiger charge is 2.28. The standard InChI is InChI=1S/C6H12O6/c7-1-3(9)5(11)6(12)4(10)2-8/h3-5,7-11H,1-2H2/t3-,4+,5-/m1/s1/i4+1. The zero-order valence-electron chi connectivity index (χ0n) is 6.29. The molecule has 0 saturated carbocycles. The molecule has 0 amide bonds. The summed E-state index contributed by atoms with van der Waals surface area (Å²) in [5.74, 6) is -1.11. The summed E-state index contributed by atoms with van der Waals surface area (Å²) < 4.78 is 0. The number of ketones is 1. The van der Waals surface area contributed by atoms with Crippen molar-refractivity contribution in [2.24, 2.45) is 0 Å². The number of aliphatic hydroxyl groups excluding tert-OH is 5. The van der Waals surface area contributed by atoms with Crippen LogP contribution in [0.1, 0.15) is 0 Å². The second-order valence-corrected chi connectivity index (χ2v) is 2.30. The molecule has 0 saturated heterocycles. The van der Waals surface area contributed by atoms with Gasteiger partial charge in [-0.05, 0) is 0 Å². The summed E-state index contributed by atoms with van der Waals surface area (Å²) in [7, 11) is 0. The van der Waals surface area contributed by atoms with Crippen molar-refractivity contribution in [1.82, 2.24) is 0 Å². The van der Waals surface area contributed by atoms with Crippen molar-refractivity contribution in [2.45, 2.75) is 18.3 Å². The maximum Gasteiger partial charge on any atom is 0.194 e. The normalized spacial score (nSPS) is 18.4. The van der Waals surface area contributed by atoms with Crippen LogP contribution in [0.2, 0.25) is 0 Å². The largest absolute Gasteiger partial charge is 0.394 e. The monoisotopic (exact) mass is 181 g/mol. The number of hydrogen-bond acceptors (Lipinski definition) is 6. The average molecular weight is 181 g/mol. The Kier molecular flexibility index (Phi) is 4.95. The Balaban J connectivity index is 4.09. The molecule has 0 rings (SSSR count). The van der Waals surface area contributed by atoms with Crippen molar-refractivity contribution in [3.63, 3.8) is 0 Å². The molecule has 0 unspecified atom stereocenters. The van der Waals surface area contributed by atoms with E-state index in [9.17, 15) is 4.79 Å². The van der Waals surface area contributed by atoms with E-state index in [1.54, 1.807) is 0 Å². The van der Waals surface area contributed by atoms with Crippen LogP contribution in [0.3, 0.4) is 0 Å². The van der Waals surface area contributed by atoms with E-state index >= 15 is 0 Å². The zero-order valence-corrected chi connectivity index (χ0v) is 6.29. The van der Waals surface area contributed by atoms with Crippen LogP contribution < -0.4 is 0 Å². The Morgan fingerprint density at radius 3 is 1.92 bits per heavy atom. The van der Waals surface area contributed by atoms with E-state index in [1.165, 1.54) is 0 Å². The molecule has 0 aromatic carbocycles. The van der Waals surface area contributed by atoms with Crippen molar-refractivity contribution in [2.75, 3.05) is 13.2 Å². The molecule has 0 fully saturated rings. The maximum absolute atomic E-state index is 10.7. The Bertz CT molecular complexity index is 147. The molecule has 5 N–H and O–H groups in total. The van der Waals surface area contributed by atoms with Crippen LogP contribution in [0.15, 0.2) is 0 Å². The number of carbonyl (C=O) groups excluding carboxylic acids is 1. The molecule has 0 bridgehead atoms. The Hall–Kier alpha value is -0.530. The predicted octanol–water partition coefficient (Wildman–Crippen LogP) is -3.38. The third kappa shape index (κ3) is 2.84. The van der Waals surface area contributed by atoms with Crippen LogP contribution in [-0.2, 0) is 4.79 Å². The molecule has 0 heterocycles. The highest BCUT2D eigenvalue weighted by atomic mass is 16.4. The molecule has 0 aromatic rings. The van der Waals surface area contributed by atoms with E-state index in [0.717, 1.165) is 0 Å². The van der Waals surface area contributed by atoms with E-state index in [2.05, 4.69) is 0 Å². The van der Waals surface area contributed by atoms with Crippen molar-refractivity contribution in [3.05, 3.63) is 0 Å². The van der Waals surface area contributed by atoms with Crippen molar-refractivity contribution < 1.29 is 30.3 Å². The lowest BCUT2D eigenvalue weighted by molar-refractivity contribution is -0.144. The van der Waals surface area contributed by atoms with E-state index in [-0.39, 0.29) is 0 Å². The molecular weight excluding hydrogens is 169 g/mol. The van der Waals surface area contributed by atoms with Crippen LogP contribution in [0.25, 0.3) is 0 Å². The van der Waals surface area contributed by atoms with Gasteiger partial charge < -0.3 is 25.5 Å². The second-order valence-electron chi connectivity index (χ2n) is 2.30. The van der Waals surface area contributed by atoms with Gasteiger partial charge >= 0.3 is 0 Å². The first-order chi connectivity index (χ1) is 5.54. The number of Topliss-reactive ketones (excluding diaryl/α,β-unsaturated/α-hetero) is 1. The molecule has 72 valence electrons. The highest BCUT2D eigenvalue weighted by molar-refractivity contribution is 5.87. The van der Waals surface area contributed by atoms with Gasteiger partial charge in [-0.1, -0.05) is 0 Å². The lowest BCUT2D eigenvalue weighted by Crippen LogP contribution is -2.43. The van der Waals surface area contributed by atoms with Crippen LogP contribution in [-0.4, -0.2) is 62.8 Å². The molecule has 0 aliphatic heterocycles.